The molecule has 86 valence electrons. The number of amides is 1. The van der Waals surface area contributed by atoms with E-state index in [-0.39, 0.29) is 11.8 Å². The van der Waals surface area contributed by atoms with Crippen molar-refractivity contribution in [2.75, 3.05) is 6.54 Å². The van der Waals surface area contributed by atoms with E-state index in [2.05, 4.69) is 28.5 Å². The molecule has 0 spiro atoms. The highest BCUT2D eigenvalue weighted by Gasteiger charge is 2.23. The van der Waals surface area contributed by atoms with Crippen molar-refractivity contribution in [1.29, 1.82) is 0 Å². The molecule has 0 bridgehead atoms. The van der Waals surface area contributed by atoms with E-state index < -0.39 is 0 Å². The van der Waals surface area contributed by atoms with Crippen LogP contribution in [0.15, 0.2) is 36.5 Å². The third-order valence-electron chi connectivity index (χ3n) is 3.31. The average molecular weight is 226 g/mol. The Bertz CT molecular complexity index is 565. The summed E-state index contributed by atoms with van der Waals surface area (Å²) in [7, 11) is 0. The van der Waals surface area contributed by atoms with Gasteiger partial charge in [0, 0.05) is 24.0 Å². The van der Waals surface area contributed by atoms with Crippen LogP contribution in [-0.4, -0.2) is 17.4 Å². The van der Waals surface area contributed by atoms with Gasteiger partial charge in [-0.05, 0) is 36.6 Å². The van der Waals surface area contributed by atoms with E-state index >= 15 is 0 Å². The topological polar surface area (TPSA) is 42.0 Å². The number of aromatic nitrogens is 1. The smallest absolute Gasteiger partial charge is 0.223 e. The maximum atomic E-state index is 11.5. The van der Waals surface area contributed by atoms with Gasteiger partial charge in [-0.2, -0.15) is 0 Å². The molecule has 1 saturated heterocycles. The van der Waals surface area contributed by atoms with Gasteiger partial charge < -0.3 is 5.32 Å². The Morgan fingerprint density at radius 1 is 1.35 bits per heavy atom. The van der Waals surface area contributed by atoms with Crippen molar-refractivity contribution in [3.05, 3.63) is 42.1 Å². The second kappa shape index (κ2) is 4.17. The van der Waals surface area contributed by atoms with Gasteiger partial charge in [0.15, 0.2) is 0 Å². The van der Waals surface area contributed by atoms with Crippen LogP contribution < -0.4 is 5.32 Å². The summed E-state index contributed by atoms with van der Waals surface area (Å²) in [6, 6.07) is 10.2. The van der Waals surface area contributed by atoms with Gasteiger partial charge in [-0.25, -0.2) is 0 Å². The monoisotopic (exact) mass is 226 g/mol. The number of benzene rings is 1. The molecule has 1 N–H and O–H groups in total. The number of carbonyl (C=O) groups excluding carboxylic acids is 1. The minimum Gasteiger partial charge on any atom is -0.356 e. The van der Waals surface area contributed by atoms with Crippen LogP contribution in [0.2, 0.25) is 0 Å². The van der Waals surface area contributed by atoms with E-state index in [0.29, 0.717) is 0 Å². The maximum absolute atomic E-state index is 11.5. The molecular formula is C14H14N2O. The van der Waals surface area contributed by atoms with Crippen LogP contribution >= 0.6 is 0 Å². The molecule has 1 unspecified atom stereocenters. The lowest BCUT2D eigenvalue weighted by molar-refractivity contribution is -0.122. The highest BCUT2D eigenvalue weighted by atomic mass is 16.2. The predicted octanol–water partition coefficient (Wildman–Crippen LogP) is 1.91. The van der Waals surface area contributed by atoms with E-state index in [1.807, 2.05) is 12.1 Å². The Balaban J connectivity index is 1.88. The van der Waals surface area contributed by atoms with Crippen molar-refractivity contribution in [1.82, 2.24) is 10.3 Å². The van der Waals surface area contributed by atoms with Gasteiger partial charge in [-0.3, -0.25) is 9.78 Å². The summed E-state index contributed by atoms with van der Waals surface area (Å²) in [4.78, 5) is 15.8. The van der Waals surface area contributed by atoms with Crippen molar-refractivity contribution in [3.8, 4) is 0 Å². The van der Waals surface area contributed by atoms with Gasteiger partial charge >= 0.3 is 0 Å². The molecule has 2 aromatic rings. The van der Waals surface area contributed by atoms with Gasteiger partial charge in [0.05, 0.1) is 5.52 Å². The van der Waals surface area contributed by atoms with E-state index in [1.54, 1.807) is 6.20 Å². The average Bonchev–Trinajstić information content (AvgIpc) is 2.75. The van der Waals surface area contributed by atoms with Gasteiger partial charge in [0.2, 0.25) is 5.91 Å². The zero-order valence-electron chi connectivity index (χ0n) is 9.52. The van der Waals surface area contributed by atoms with Crippen LogP contribution in [0.3, 0.4) is 0 Å². The number of hydrogen-bond acceptors (Lipinski definition) is 2. The van der Waals surface area contributed by atoms with Crippen LogP contribution in [0, 0.1) is 5.92 Å². The van der Waals surface area contributed by atoms with E-state index in [9.17, 15) is 4.79 Å². The number of carbonyl (C=O) groups is 1. The molecule has 3 heteroatoms. The minimum atomic E-state index is 0.143. The molecule has 1 aromatic heterocycles. The molecule has 1 fully saturated rings. The lowest BCUT2D eigenvalue weighted by Gasteiger charge is -2.07. The second-order valence-corrected chi connectivity index (χ2v) is 4.51. The summed E-state index contributed by atoms with van der Waals surface area (Å²) in [5.74, 6) is 0.334. The molecule has 1 aromatic carbocycles. The van der Waals surface area contributed by atoms with Crippen LogP contribution in [0.25, 0.3) is 10.9 Å². The third kappa shape index (κ3) is 2.00. The molecule has 0 aliphatic carbocycles. The summed E-state index contributed by atoms with van der Waals surface area (Å²) < 4.78 is 0. The van der Waals surface area contributed by atoms with Gasteiger partial charge in [0.25, 0.3) is 0 Å². The Morgan fingerprint density at radius 2 is 2.29 bits per heavy atom. The van der Waals surface area contributed by atoms with Gasteiger partial charge in [-0.15, -0.1) is 0 Å². The number of fused-ring (bicyclic) bond motifs is 1. The van der Waals surface area contributed by atoms with Crippen LogP contribution in [-0.2, 0) is 11.2 Å². The van der Waals surface area contributed by atoms with Crippen molar-refractivity contribution >= 4 is 16.8 Å². The summed E-state index contributed by atoms with van der Waals surface area (Å²) >= 11 is 0. The van der Waals surface area contributed by atoms with Crippen molar-refractivity contribution in [2.45, 2.75) is 12.8 Å². The quantitative estimate of drug-likeness (QED) is 0.850. The highest BCUT2D eigenvalue weighted by molar-refractivity contribution is 5.82. The molecule has 0 radical (unpaired) electrons. The molecule has 1 atom stereocenters. The van der Waals surface area contributed by atoms with Crippen LogP contribution in [0.5, 0.6) is 0 Å². The molecule has 3 nitrogen and oxygen atoms in total. The van der Waals surface area contributed by atoms with Crippen molar-refractivity contribution in [3.63, 3.8) is 0 Å². The van der Waals surface area contributed by atoms with E-state index in [1.165, 1.54) is 5.56 Å². The Hall–Kier alpha value is -1.90. The maximum Gasteiger partial charge on any atom is 0.223 e. The standard InChI is InChI=1S/C14H14N2O/c17-14-12(5-7-16-14)9-10-3-4-13-11(8-10)2-1-6-15-13/h1-4,6,8,12H,5,7,9H2,(H,16,17). The second-order valence-electron chi connectivity index (χ2n) is 4.51. The van der Waals surface area contributed by atoms with Crippen molar-refractivity contribution < 1.29 is 4.79 Å². The number of nitrogens with zero attached hydrogens (tertiary/aromatic N) is 1. The molecule has 17 heavy (non-hydrogen) atoms. The fourth-order valence-corrected chi connectivity index (χ4v) is 2.38. The normalized spacial score (nSPS) is 19.5. The third-order valence-corrected chi connectivity index (χ3v) is 3.31. The van der Waals surface area contributed by atoms with Gasteiger partial charge in [0.1, 0.15) is 0 Å². The zero-order valence-corrected chi connectivity index (χ0v) is 9.52. The lowest BCUT2D eigenvalue weighted by atomic mass is 9.97. The number of nitrogens with one attached hydrogen (secondary N) is 1. The fraction of sp³-hybridized carbons (Fsp3) is 0.286. The molecule has 0 saturated carbocycles. The molecule has 1 amide bonds. The number of hydrogen-bond donors (Lipinski definition) is 1. The Labute approximate surface area is 99.9 Å². The number of rotatable bonds is 2. The first kappa shape index (κ1) is 10.3. The minimum absolute atomic E-state index is 0.143. The molecule has 3 rings (SSSR count). The Morgan fingerprint density at radius 3 is 3.12 bits per heavy atom. The van der Waals surface area contributed by atoms with Crippen LogP contribution in [0.1, 0.15) is 12.0 Å². The first-order valence-electron chi connectivity index (χ1n) is 5.94. The summed E-state index contributed by atoms with van der Waals surface area (Å²) in [6.45, 7) is 0.818. The Kier molecular flexibility index (Phi) is 2.52. The summed E-state index contributed by atoms with van der Waals surface area (Å²) in [5, 5.41) is 4.02. The molecule has 1 aliphatic rings. The zero-order chi connectivity index (χ0) is 11.7. The number of pyridine rings is 1. The summed E-state index contributed by atoms with van der Waals surface area (Å²) in [6.07, 6.45) is 3.58. The molecule has 2 heterocycles. The first-order valence-corrected chi connectivity index (χ1v) is 5.94. The molecular weight excluding hydrogens is 212 g/mol. The van der Waals surface area contributed by atoms with Gasteiger partial charge in [-0.1, -0.05) is 12.1 Å². The van der Waals surface area contributed by atoms with E-state index in [0.717, 1.165) is 30.3 Å². The van der Waals surface area contributed by atoms with E-state index in [4.69, 9.17) is 0 Å². The first-order chi connectivity index (χ1) is 8.33. The lowest BCUT2D eigenvalue weighted by Crippen LogP contribution is -2.20. The van der Waals surface area contributed by atoms with Crippen molar-refractivity contribution in [2.24, 2.45) is 5.92 Å². The highest BCUT2D eigenvalue weighted by Crippen LogP contribution is 2.19. The SMILES string of the molecule is O=C1NCCC1Cc1ccc2ncccc2c1. The molecule has 1 aliphatic heterocycles. The largest absolute Gasteiger partial charge is 0.356 e. The fourth-order valence-electron chi connectivity index (χ4n) is 2.38. The van der Waals surface area contributed by atoms with Crippen LogP contribution in [0.4, 0.5) is 0 Å². The summed E-state index contributed by atoms with van der Waals surface area (Å²) in [5.41, 5.74) is 2.22. The predicted molar refractivity (Wildman–Crippen MR) is 66.6 cm³/mol.